The largest absolute Gasteiger partial charge is 0.497 e. The second kappa shape index (κ2) is 5.13. The van der Waals surface area contributed by atoms with Gasteiger partial charge in [0.05, 0.1) is 12.5 Å². The number of fused-ring (bicyclic) bond motifs is 2. The van der Waals surface area contributed by atoms with Gasteiger partial charge < -0.3 is 4.74 Å². The highest BCUT2D eigenvalue weighted by Crippen LogP contribution is 2.51. The molecule has 0 spiro atoms. The third-order valence-corrected chi connectivity index (χ3v) is 5.30. The number of halogens is 1. The Morgan fingerprint density at radius 3 is 2.56 bits per heavy atom. The molecule has 18 heavy (non-hydrogen) atoms. The number of ether oxygens (including phenoxy) is 1. The molecule has 2 saturated carbocycles. The lowest BCUT2D eigenvalue weighted by molar-refractivity contribution is 0.312. The van der Waals surface area contributed by atoms with Crippen molar-refractivity contribution in [2.75, 3.05) is 7.11 Å². The normalized spacial score (nSPS) is 31.6. The molecule has 0 aliphatic heterocycles. The fourth-order valence-electron chi connectivity index (χ4n) is 3.88. The van der Waals surface area contributed by atoms with Gasteiger partial charge in [-0.1, -0.05) is 18.6 Å². The Labute approximate surface area is 114 Å². The van der Waals surface area contributed by atoms with Crippen LogP contribution in [0.25, 0.3) is 0 Å². The Bertz CT molecular complexity index is 400. The van der Waals surface area contributed by atoms with Gasteiger partial charge in [0.2, 0.25) is 0 Å². The molecule has 0 amide bonds. The molecule has 2 aliphatic rings. The number of hydrogen-bond acceptors (Lipinski definition) is 1. The van der Waals surface area contributed by atoms with E-state index in [0.29, 0.717) is 0 Å². The lowest BCUT2D eigenvalue weighted by Gasteiger charge is -2.24. The summed E-state index contributed by atoms with van der Waals surface area (Å²) in [5.74, 6) is 3.75. The summed E-state index contributed by atoms with van der Waals surface area (Å²) in [7, 11) is 1.70. The third kappa shape index (κ3) is 2.38. The van der Waals surface area contributed by atoms with Gasteiger partial charge >= 0.3 is 0 Å². The van der Waals surface area contributed by atoms with Gasteiger partial charge in [-0.25, -0.2) is 0 Å². The van der Waals surface area contributed by atoms with Gasteiger partial charge in [0.1, 0.15) is 5.75 Å². The molecule has 0 heterocycles. The van der Waals surface area contributed by atoms with E-state index in [1.807, 2.05) is 12.1 Å². The van der Waals surface area contributed by atoms with Crippen LogP contribution < -0.4 is 4.74 Å². The fourth-order valence-corrected chi connectivity index (χ4v) is 4.25. The van der Waals surface area contributed by atoms with Crippen molar-refractivity contribution in [3.63, 3.8) is 0 Å². The zero-order valence-corrected chi connectivity index (χ0v) is 11.7. The van der Waals surface area contributed by atoms with Crippen LogP contribution in [0.5, 0.6) is 5.75 Å². The number of benzene rings is 1. The van der Waals surface area contributed by atoms with Crippen LogP contribution in [0.4, 0.5) is 0 Å². The molecule has 2 aliphatic carbocycles. The van der Waals surface area contributed by atoms with Gasteiger partial charge in [0, 0.05) is 0 Å². The van der Waals surface area contributed by atoms with Crippen molar-refractivity contribution >= 4 is 11.6 Å². The minimum atomic E-state index is 0.167. The minimum Gasteiger partial charge on any atom is -0.497 e. The van der Waals surface area contributed by atoms with E-state index in [1.54, 1.807) is 7.11 Å². The van der Waals surface area contributed by atoms with Gasteiger partial charge in [0.25, 0.3) is 0 Å². The fraction of sp³-hybridized carbons (Fsp3) is 0.625. The molecule has 0 saturated heterocycles. The molecule has 98 valence electrons. The molecule has 3 rings (SSSR count). The van der Waals surface area contributed by atoms with Crippen molar-refractivity contribution in [3.05, 3.63) is 29.8 Å². The van der Waals surface area contributed by atoms with Gasteiger partial charge in [0.15, 0.2) is 0 Å². The molecule has 1 aromatic carbocycles. The maximum absolute atomic E-state index is 6.58. The minimum absolute atomic E-state index is 0.167. The number of rotatable bonds is 4. The average molecular weight is 265 g/mol. The number of methoxy groups -OCH3 is 1. The zero-order chi connectivity index (χ0) is 12.5. The first-order valence-corrected chi connectivity index (χ1v) is 7.48. The second-order valence-electron chi connectivity index (χ2n) is 5.91. The first kappa shape index (κ1) is 12.3. The highest BCUT2D eigenvalue weighted by molar-refractivity contribution is 6.20. The van der Waals surface area contributed by atoms with E-state index < -0.39 is 0 Å². The lowest BCUT2D eigenvalue weighted by atomic mass is 9.84. The average Bonchev–Trinajstić information content (AvgIpc) is 3.01. The predicted molar refractivity (Wildman–Crippen MR) is 75.1 cm³/mol. The van der Waals surface area contributed by atoms with Crippen LogP contribution in [0.2, 0.25) is 0 Å². The molecule has 1 nitrogen and oxygen atoms in total. The van der Waals surface area contributed by atoms with Crippen LogP contribution in [-0.4, -0.2) is 7.11 Å². The Hall–Kier alpha value is -0.690. The Balaban J connectivity index is 1.62. The van der Waals surface area contributed by atoms with E-state index in [2.05, 4.69) is 12.1 Å². The van der Waals surface area contributed by atoms with E-state index in [1.165, 1.54) is 31.2 Å². The van der Waals surface area contributed by atoms with E-state index in [4.69, 9.17) is 16.3 Å². The molecule has 4 unspecified atom stereocenters. The maximum Gasteiger partial charge on any atom is 0.118 e. The molecule has 4 atom stereocenters. The van der Waals surface area contributed by atoms with Crippen LogP contribution in [0.1, 0.15) is 43.0 Å². The van der Waals surface area contributed by atoms with Crippen molar-refractivity contribution in [2.45, 2.75) is 37.5 Å². The lowest BCUT2D eigenvalue weighted by Crippen LogP contribution is -2.12. The van der Waals surface area contributed by atoms with Gasteiger partial charge in [-0.3, -0.25) is 0 Å². The van der Waals surface area contributed by atoms with Gasteiger partial charge in [-0.15, -0.1) is 11.6 Å². The smallest absolute Gasteiger partial charge is 0.118 e. The summed E-state index contributed by atoms with van der Waals surface area (Å²) in [5, 5.41) is 0.167. The molecular formula is C16H21ClO. The van der Waals surface area contributed by atoms with Crippen LogP contribution >= 0.6 is 11.6 Å². The van der Waals surface area contributed by atoms with E-state index in [9.17, 15) is 0 Å². The Morgan fingerprint density at radius 2 is 2.00 bits per heavy atom. The van der Waals surface area contributed by atoms with Crippen LogP contribution in [0.15, 0.2) is 24.3 Å². The molecular weight excluding hydrogens is 244 g/mol. The summed E-state index contributed by atoms with van der Waals surface area (Å²) >= 11 is 6.58. The summed E-state index contributed by atoms with van der Waals surface area (Å²) < 4.78 is 5.18. The molecule has 0 aromatic heterocycles. The third-order valence-electron chi connectivity index (χ3n) is 4.87. The van der Waals surface area contributed by atoms with E-state index in [0.717, 1.165) is 29.9 Å². The van der Waals surface area contributed by atoms with E-state index >= 15 is 0 Å². The topological polar surface area (TPSA) is 9.23 Å². The standard InChI is InChI=1S/C16H21ClO/c1-18-15-6-4-12(5-7-15)16(17)10-14-9-11-2-3-13(14)8-11/h4-7,11,13-14,16H,2-3,8-10H2,1H3. The Morgan fingerprint density at radius 1 is 1.22 bits per heavy atom. The number of alkyl halides is 1. The van der Waals surface area contributed by atoms with Gasteiger partial charge in [-0.05, 0) is 61.1 Å². The highest BCUT2D eigenvalue weighted by atomic mass is 35.5. The first-order valence-electron chi connectivity index (χ1n) is 7.04. The molecule has 0 N–H and O–H groups in total. The summed E-state index contributed by atoms with van der Waals surface area (Å²) in [6, 6.07) is 8.21. The highest BCUT2D eigenvalue weighted by Gasteiger charge is 2.39. The first-order chi connectivity index (χ1) is 8.76. The Kier molecular flexibility index (Phi) is 3.52. The molecule has 2 bridgehead atoms. The summed E-state index contributed by atoms with van der Waals surface area (Å²) in [6.45, 7) is 0. The zero-order valence-electron chi connectivity index (χ0n) is 10.9. The van der Waals surface area contributed by atoms with Crippen LogP contribution in [0.3, 0.4) is 0 Å². The molecule has 0 radical (unpaired) electrons. The van der Waals surface area contributed by atoms with Crippen LogP contribution in [0, 0.1) is 17.8 Å². The quantitative estimate of drug-likeness (QED) is 0.710. The SMILES string of the molecule is COc1ccc(C(Cl)CC2CC3CCC2C3)cc1. The van der Waals surface area contributed by atoms with Crippen molar-refractivity contribution in [1.29, 1.82) is 0 Å². The maximum atomic E-state index is 6.58. The molecule has 1 aromatic rings. The number of hydrogen-bond donors (Lipinski definition) is 0. The van der Waals surface area contributed by atoms with Crippen molar-refractivity contribution in [1.82, 2.24) is 0 Å². The summed E-state index contributed by atoms with van der Waals surface area (Å²) in [5.41, 5.74) is 1.24. The summed E-state index contributed by atoms with van der Waals surface area (Å²) in [6.07, 6.45) is 6.95. The second-order valence-corrected chi connectivity index (χ2v) is 6.44. The molecule has 2 heteroatoms. The molecule has 2 fully saturated rings. The van der Waals surface area contributed by atoms with Gasteiger partial charge in [-0.2, -0.15) is 0 Å². The predicted octanol–water partition coefficient (Wildman–Crippen LogP) is 4.80. The van der Waals surface area contributed by atoms with Crippen molar-refractivity contribution in [3.8, 4) is 5.75 Å². The monoisotopic (exact) mass is 264 g/mol. The van der Waals surface area contributed by atoms with E-state index in [-0.39, 0.29) is 5.38 Å². The van der Waals surface area contributed by atoms with Crippen molar-refractivity contribution in [2.24, 2.45) is 17.8 Å². The van der Waals surface area contributed by atoms with Crippen molar-refractivity contribution < 1.29 is 4.74 Å². The van der Waals surface area contributed by atoms with Crippen LogP contribution in [-0.2, 0) is 0 Å². The summed E-state index contributed by atoms with van der Waals surface area (Å²) in [4.78, 5) is 0.